The summed E-state index contributed by atoms with van der Waals surface area (Å²) in [4.78, 5) is 16.3. The Kier molecular flexibility index (Phi) is 6.41. The van der Waals surface area contributed by atoms with Gasteiger partial charge in [-0.1, -0.05) is 17.7 Å². The van der Waals surface area contributed by atoms with Crippen molar-refractivity contribution in [3.63, 3.8) is 0 Å². The molecule has 0 spiro atoms. The number of pyridine rings is 1. The summed E-state index contributed by atoms with van der Waals surface area (Å²) in [6.45, 7) is 4.94. The third-order valence-electron chi connectivity index (χ3n) is 3.59. The average molecular weight is 333 g/mol. The smallest absolute Gasteiger partial charge is 0.227 e. The third kappa shape index (κ3) is 4.96. The van der Waals surface area contributed by atoms with E-state index in [0.717, 1.165) is 16.9 Å². The number of benzene rings is 1. The molecule has 5 heteroatoms. The standard InChI is InChI=1S/C18H21ClN2O2/c1-3-23-17-7-6-16(19)11-14(17)8-10-21-18(22)13(2)15-5-4-9-20-12-15/h4-7,9,11-13H,3,8,10H2,1-2H3,(H,21,22)/t13-/m0/s1. The van der Waals surface area contributed by atoms with Crippen molar-refractivity contribution in [3.05, 3.63) is 58.9 Å². The van der Waals surface area contributed by atoms with Crippen molar-refractivity contribution in [2.45, 2.75) is 26.2 Å². The number of aromatic nitrogens is 1. The minimum Gasteiger partial charge on any atom is -0.494 e. The van der Waals surface area contributed by atoms with Crippen molar-refractivity contribution in [1.29, 1.82) is 0 Å². The van der Waals surface area contributed by atoms with E-state index in [9.17, 15) is 4.79 Å². The first-order chi connectivity index (χ1) is 11.1. The van der Waals surface area contributed by atoms with Crippen LogP contribution in [0.1, 0.15) is 30.9 Å². The molecule has 0 aliphatic rings. The number of halogens is 1. The molecule has 1 N–H and O–H groups in total. The normalized spacial score (nSPS) is 11.8. The maximum absolute atomic E-state index is 12.2. The number of rotatable bonds is 7. The van der Waals surface area contributed by atoms with Gasteiger partial charge in [0, 0.05) is 24.0 Å². The van der Waals surface area contributed by atoms with Gasteiger partial charge in [-0.15, -0.1) is 0 Å². The lowest BCUT2D eigenvalue weighted by atomic mass is 10.0. The van der Waals surface area contributed by atoms with E-state index >= 15 is 0 Å². The van der Waals surface area contributed by atoms with Gasteiger partial charge in [0.25, 0.3) is 0 Å². The highest BCUT2D eigenvalue weighted by molar-refractivity contribution is 6.30. The van der Waals surface area contributed by atoms with E-state index in [2.05, 4.69) is 10.3 Å². The van der Waals surface area contributed by atoms with Gasteiger partial charge in [-0.25, -0.2) is 0 Å². The van der Waals surface area contributed by atoms with Crippen molar-refractivity contribution < 1.29 is 9.53 Å². The van der Waals surface area contributed by atoms with E-state index in [0.29, 0.717) is 24.6 Å². The molecule has 0 bridgehead atoms. The van der Waals surface area contributed by atoms with Crippen molar-refractivity contribution in [2.75, 3.05) is 13.2 Å². The van der Waals surface area contributed by atoms with Gasteiger partial charge in [0.2, 0.25) is 5.91 Å². The highest BCUT2D eigenvalue weighted by Gasteiger charge is 2.15. The second-order valence-corrected chi connectivity index (χ2v) is 5.67. The topological polar surface area (TPSA) is 51.2 Å². The maximum atomic E-state index is 12.2. The summed E-state index contributed by atoms with van der Waals surface area (Å²) in [5, 5.41) is 3.62. The Bertz CT molecular complexity index is 647. The minimum absolute atomic E-state index is 0.0158. The lowest BCUT2D eigenvalue weighted by molar-refractivity contribution is -0.122. The fourth-order valence-electron chi connectivity index (χ4n) is 2.30. The number of carbonyl (C=O) groups excluding carboxylic acids is 1. The molecular weight excluding hydrogens is 312 g/mol. The summed E-state index contributed by atoms with van der Waals surface area (Å²) >= 11 is 6.04. The summed E-state index contributed by atoms with van der Waals surface area (Å²) in [6, 6.07) is 9.28. The molecule has 0 fully saturated rings. The molecule has 1 amide bonds. The van der Waals surface area contributed by atoms with Gasteiger partial charge in [0.1, 0.15) is 5.75 Å². The fraction of sp³-hybridized carbons (Fsp3) is 0.333. The molecule has 0 saturated carbocycles. The van der Waals surface area contributed by atoms with Crippen molar-refractivity contribution >= 4 is 17.5 Å². The number of nitrogens with zero attached hydrogens (tertiary/aromatic N) is 1. The van der Waals surface area contributed by atoms with E-state index in [1.807, 2.05) is 38.1 Å². The molecule has 0 aliphatic carbocycles. The van der Waals surface area contributed by atoms with Crippen LogP contribution in [0.4, 0.5) is 0 Å². The van der Waals surface area contributed by atoms with Gasteiger partial charge in [0.05, 0.1) is 12.5 Å². The summed E-state index contributed by atoms with van der Waals surface area (Å²) < 4.78 is 5.59. The lowest BCUT2D eigenvalue weighted by Gasteiger charge is -2.14. The number of nitrogens with one attached hydrogen (secondary N) is 1. The second-order valence-electron chi connectivity index (χ2n) is 5.23. The van der Waals surface area contributed by atoms with Crippen LogP contribution in [0.5, 0.6) is 5.75 Å². The molecular formula is C18H21ClN2O2. The first kappa shape index (κ1) is 17.3. The van der Waals surface area contributed by atoms with Crippen LogP contribution in [0.3, 0.4) is 0 Å². The predicted octanol–water partition coefficient (Wildman–Crippen LogP) is 3.60. The molecule has 2 rings (SSSR count). The summed E-state index contributed by atoms with van der Waals surface area (Å²) in [5.74, 6) is 0.568. The Morgan fingerprint density at radius 1 is 1.39 bits per heavy atom. The third-order valence-corrected chi connectivity index (χ3v) is 3.83. The van der Waals surface area contributed by atoms with Crippen LogP contribution in [0, 0.1) is 0 Å². The first-order valence-corrected chi connectivity index (χ1v) is 8.08. The molecule has 4 nitrogen and oxygen atoms in total. The van der Waals surface area contributed by atoms with E-state index in [4.69, 9.17) is 16.3 Å². The number of ether oxygens (including phenoxy) is 1. The van der Waals surface area contributed by atoms with E-state index in [1.165, 1.54) is 0 Å². The van der Waals surface area contributed by atoms with Crippen LogP contribution in [-0.4, -0.2) is 24.0 Å². The fourth-order valence-corrected chi connectivity index (χ4v) is 2.49. The van der Waals surface area contributed by atoms with Crippen LogP contribution in [0.2, 0.25) is 5.02 Å². The Morgan fingerprint density at radius 3 is 2.91 bits per heavy atom. The number of carbonyl (C=O) groups is 1. The van der Waals surface area contributed by atoms with Gasteiger partial charge in [-0.05, 0) is 55.7 Å². The summed E-state index contributed by atoms with van der Waals surface area (Å²) in [6.07, 6.45) is 4.08. The van der Waals surface area contributed by atoms with Crippen LogP contribution >= 0.6 is 11.6 Å². The van der Waals surface area contributed by atoms with E-state index in [1.54, 1.807) is 18.5 Å². The van der Waals surface area contributed by atoms with Gasteiger partial charge in [0.15, 0.2) is 0 Å². The van der Waals surface area contributed by atoms with Gasteiger partial charge in [-0.2, -0.15) is 0 Å². The van der Waals surface area contributed by atoms with Crippen LogP contribution in [0.15, 0.2) is 42.7 Å². The minimum atomic E-state index is -0.227. The van der Waals surface area contributed by atoms with Crippen molar-refractivity contribution in [2.24, 2.45) is 0 Å². The molecule has 1 aromatic heterocycles. The quantitative estimate of drug-likeness (QED) is 0.843. The van der Waals surface area contributed by atoms with Crippen LogP contribution in [0.25, 0.3) is 0 Å². The van der Waals surface area contributed by atoms with Gasteiger partial charge < -0.3 is 10.1 Å². The van der Waals surface area contributed by atoms with E-state index < -0.39 is 0 Å². The Hall–Kier alpha value is -2.07. The second kappa shape index (κ2) is 8.53. The Balaban J connectivity index is 1.92. The Morgan fingerprint density at radius 2 is 2.22 bits per heavy atom. The summed E-state index contributed by atoms with van der Waals surface area (Å²) in [7, 11) is 0. The molecule has 2 aromatic rings. The van der Waals surface area contributed by atoms with Crippen LogP contribution in [-0.2, 0) is 11.2 Å². The molecule has 1 atom stereocenters. The summed E-state index contributed by atoms with van der Waals surface area (Å²) in [5.41, 5.74) is 1.90. The van der Waals surface area contributed by atoms with Gasteiger partial charge in [-0.3, -0.25) is 9.78 Å². The highest BCUT2D eigenvalue weighted by atomic mass is 35.5. The predicted molar refractivity (Wildman–Crippen MR) is 92.0 cm³/mol. The molecule has 0 radical (unpaired) electrons. The monoisotopic (exact) mass is 332 g/mol. The molecule has 1 heterocycles. The lowest BCUT2D eigenvalue weighted by Crippen LogP contribution is -2.29. The van der Waals surface area contributed by atoms with E-state index in [-0.39, 0.29) is 11.8 Å². The maximum Gasteiger partial charge on any atom is 0.227 e. The SMILES string of the molecule is CCOc1ccc(Cl)cc1CCNC(=O)[C@@H](C)c1cccnc1. The number of hydrogen-bond acceptors (Lipinski definition) is 3. The molecule has 0 unspecified atom stereocenters. The molecule has 0 aliphatic heterocycles. The molecule has 122 valence electrons. The first-order valence-electron chi connectivity index (χ1n) is 7.70. The van der Waals surface area contributed by atoms with Crippen molar-refractivity contribution in [1.82, 2.24) is 10.3 Å². The average Bonchev–Trinajstić information content (AvgIpc) is 2.57. The van der Waals surface area contributed by atoms with Gasteiger partial charge >= 0.3 is 0 Å². The zero-order valence-corrected chi connectivity index (χ0v) is 14.1. The highest BCUT2D eigenvalue weighted by Crippen LogP contribution is 2.23. The van der Waals surface area contributed by atoms with Crippen LogP contribution < -0.4 is 10.1 Å². The molecule has 0 saturated heterocycles. The zero-order valence-electron chi connectivity index (χ0n) is 13.4. The molecule has 1 aromatic carbocycles. The number of hydrogen-bond donors (Lipinski definition) is 1. The Labute approximate surface area is 141 Å². The van der Waals surface area contributed by atoms with Crippen molar-refractivity contribution in [3.8, 4) is 5.75 Å². The number of amides is 1. The zero-order chi connectivity index (χ0) is 16.7. The molecule has 23 heavy (non-hydrogen) atoms. The largest absolute Gasteiger partial charge is 0.494 e.